The number of nitrogens with zero attached hydrogens (tertiary/aromatic N) is 4. The van der Waals surface area contributed by atoms with Gasteiger partial charge in [0.15, 0.2) is 0 Å². The van der Waals surface area contributed by atoms with E-state index in [0.29, 0.717) is 28.2 Å². The highest BCUT2D eigenvalue weighted by molar-refractivity contribution is 7.90. The van der Waals surface area contributed by atoms with Crippen molar-refractivity contribution in [1.82, 2.24) is 19.7 Å². The Labute approximate surface area is 155 Å². The van der Waals surface area contributed by atoms with Gasteiger partial charge in [0.1, 0.15) is 12.3 Å². The van der Waals surface area contributed by atoms with E-state index in [4.69, 9.17) is 9.26 Å². The molecule has 0 radical (unpaired) electrons. The third-order valence-electron chi connectivity index (χ3n) is 4.06. The van der Waals surface area contributed by atoms with E-state index in [1.807, 2.05) is 24.3 Å². The van der Waals surface area contributed by atoms with Gasteiger partial charge in [0.05, 0.1) is 23.7 Å². The molecule has 0 saturated carbocycles. The summed E-state index contributed by atoms with van der Waals surface area (Å²) in [6, 6.07) is 14.5. The molecule has 0 N–H and O–H groups in total. The Balaban J connectivity index is 1.77. The first kappa shape index (κ1) is 17.2. The van der Waals surface area contributed by atoms with Gasteiger partial charge in [-0.25, -0.2) is 13.4 Å². The molecule has 0 fully saturated rings. The SMILES string of the molecule is COc1ccccc1-c1noc(Cn2c(S(C)(=O)=O)nc3ccccc32)n1. The summed E-state index contributed by atoms with van der Waals surface area (Å²) >= 11 is 0. The third-order valence-corrected chi connectivity index (χ3v) is 5.04. The highest BCUT2D eigenvalue weighted by atomic mass is 32.2. The molecule has 0 amide bonds. The van der Waals surface area contributed by atoms with Crippen LogP contribution in [0, 0.1) is 0 Å². The Morgan fingerprint density at radius 2 is 1.81 bits per heavy atom. The van der Waals surface area contributed by atoms with Crippen molar-refractivity contribution in [1.29, 1.82) is 0 Å². The van der Waals surface area contributed by atoms with Crippen LogP contribution >= 0.6 is 0 Å². The molecule has 0 unspecified atom stereocenters. The zero-order valence-electron chi connectivity index (χ0n) is 14.7. The van der Waals surface area contributed by atoms with Crippen molar-refractivity contribution < 1.29 is 17.7 Å². The zero-order chi connectivity index (χ0) is 19.0. The van der Waals surface area contributed by atoms with Gasteiger partial charge in [-0.05, 0) is 24.3 Å². The summed E-state index contributed by atoms with van der Waals surface area (Å²) in [6.45, 7) is 0.0884. The van der Waals surface area contributed by atoms with E-state index in [9.17, 15) is 8.42 Å². The van der Waals surface area contributed by atoms with E-state index in [1.54, 1.807) is 35.9 Å². The van der Waals surface area contributed by atoms with Gasteiger partial charge in [0, 0.05) is 6.26 Å². The first-order valence-corrected chi connectivity index (χ1v) is 9.98. The Kier molecular flexibility index (Phi) is 4.15. The quantitative estimate of drug-likeness (QED) is 0.521. The number of benzene rings is 2. The van der Waals surface area contributed by atoms with E-state index in [2.05, 4.69) is 15.1 Å². The predicted molar refractivity (Wildman–Crippen MR) is 98.2 cm³/mol. The number of methoxy groups -OCH3 is 1. The van der Waals surface area contributed by atoms with Crippen LogP contribution in [0.4, 0.5) is 0 Å². The molecule has 0 spiro atoms. The van der Waals surface area contributed by atoms with Gasteiger partial charge in [-0.1, -0.05) is 29.4 Å². The number of para-hydroxylation sites is 3. The van der Waals surface area contributed by atoms with Crippen molar-refractivity contribution in [3.05, 3.63) is 54.4 Å². The van der Waals surface area contributed by atoms with Gasteiger partial charge in [-0.2, -0.15) is 4.98 Å². The maximum Gasteiger partial charge on any atom is 0.247 e. The average Bonchev–Trinajstić information content (AvgIpc) is 3.27. The van der Waals surface area contributed by atoms with Crippen LogP contribution < -0.4 is 4.74 Å². The lowest BCUT2D eigenvalue weighted by molar-refractivity contribution is 0.368. The second-order valence-electron chi connectivity index (χ2n) is 5.95. The summed E-state index contributed by atoms with van der Waals surface area (Å²) < 4.78 is 36.5. The molecule has 4 rings (SSSR count). The van der Waals surface area contributed by atoms with Crippen molar-refractivity contribution in [2.45, 2.75) is 11.7 Å². The standard InChI is InChI=1S/C18H16N4O4S/c1-25-15-10-6-3-7-12(15)17-20-16(26-21-17)11-22-14-9-5-4-8-13(14)19-18(22)27(2,23)24/h3-10H,11H2,1-2H3. The molecule has 0 aliphatic rings. The molecule has 138 valence electrons. The Morgan fingerprint density at radius 1 is 1.07 bits per heavy atom. The maximum atomic E-state index is 12.2. The largest absolute Gasteiger partial charge is 0.496 e. The fourth-order valence-corrected chi connectivity index (χ4v) is 3.71. The molecule has 2 heterocycles. The maximum absolute atomic E-state index is 12.2. The lowest BCUT2D eigenvalue weighted by Gasteiger charge is -2.04. The van der Waals surface area contributed by atoms with Gasteiger partial charge in [-0.15, -0.1) is 0 Å². The molecule has 0 aliphatic heterocycles. The smallest absolute Gasteiger partial charge is 0.247 e. The van der Waals surface area contributed by atoms with Crippen molar-refractivity contribution in [3.63, 3.8) is 0 Å². The van der Waals surface area contributed by atoms with E-state index in [0.717, 1.165) is 6.26 Å². The van der Waals surface area contributed by atoms with Gasteiger partial charge < -0.3 is 13.8 Å². The van der Waals surface area contributed by atoms with Crippen molar-refractivity contribution >= 4 is 20.9 Å². The summed E-state index contributed by atoms with van der Waals surface area (Å²) in [5.74, 6) is 1.26. The van der Waals surface area contributed by atoms with Crippen LogP contribution in [0.25, 0.3) is 22.4 Å². The van der Waals surface area contributed by atoms with E-state index < -0.39 is 9.84 Å². The average molecular weight is 384 g/mol. The Hall–Kier alpha value is -3.20. The molecule has 8 nitrogen and oxygen atoms in total. The van der Waals surface area contributed by atoms with E-state index in [1.165, 1.54) is 0 Å². The Bertz CT molecular complexity index is 1230. The monoisotopic (exact) mass is 384 g/mol. The minimum atomic E-state index is -3.53. The van der Waals surface area contributed by atoms with Crippen LogP contribution in [-0.4, -0.2) is 41.5 Å². The first-order valence-electron chi connectivity index (χ1n) is 8.08. The highest BCUT2D eigenvalue weighted by Gasteiger charge is 2.21. The summed E-state index contributed by atoms with van der Waals surface area (Å²) in [7, 11) is -1.96. The summed E-state index contributed by atoms with van der Waals surface area (Å²) in [6.07, 6.45) is 1.12. The lowest BCUT2D eigenvalue weighted by Crippen LogP contribution is -2.10. The van der Waals surface area contributed by atoms with Crippen molar-refractivity contribution in [2.24, 2.45) is 0 Å². The highest BCUT2D eigenvalue weighted by Crippen LogP contribution is 2.27. The van der Waals surface area contributed by atoms with Crippen LogP contribution in [0.15, 0.2) is 58.2 Å². The molecule has 0 atom stereocenters. The predicted octanol–water partition coefficient (Wildman–Crippen LogP) is 2.55. The normalized spacial score (nSPS) is 11.8. The molecule has 27 heavy (non-hydrogen) atoms. The molecule has 0 bridgehead atoms. The number of sulfone groups is 1. The van der Waals surface area contributed by atoms with E-state index >= 15 is 0 Å². The number of hydrogen-bond donors (Lipinski definition) is 0. The molecule has 9 heteroatoms. The third kappa shape index (κ3) is 3.17. The van der Waals surface area contributed by atoms with Crippen LogP contribution in [0.1, 0.15) is 5.89 Å². The van der Waals surface area contributed by atoms with Crippen molar-refractivity contribution in [3.8, 4) is 17.1 Å². The fraction of sp³-hybridized carbons (Fsp3) is 0.167. The molecule has 0 aliphatic carbocycles. The van der Waals surface area contributed by atoms with Crippen molar-refractivity contribution in [2.75, 3.05) is 13.4 Å². The minimum absolute atomic E-state index is 0.0410. The molecule has 4 aromatic rings. The fourth-order valence-electron chi connectivity index (χ4n) is 2.88. The number of rotatable bonds is 5. The number of fused-ring (bicyclic) bond motifs is 1. The Morgan fingerprint density at radius 3 is 2.59 bits per heavy atom. The van der Waals surface area contributed by atoms with Crippen LogP contribution in [0.3, 0.4) is 0 Å². The number of imidazole rings is 1. The summed E-state index contributed by atoms with van der Waals surface area (Å²) in [4.78, 5) is 8.63. The number of hydrogen-bond acceptors (Lipinski definition) is 7. The molecular formula is C18H16N4O4S. The molecule has 2 aromatic heterocycles. The first-order chi connectivity index (χ1) is 13.0. The van der Waals surface area contributed by atoms with Crippen LogP contribution in [0.2, 0.25) is 0 Å². The molecular weight excluding hydrogens is 368 g/mol. The summed E-state index contributed by atoms with van der Waals surface area (Å²) in [5, 5.41) is 3.96. The molecule has 2 aromatic carbocycles. The zero-order valence-corrected chi connectivity index (χ0v) is 15.5. The van der Waals surface area contributed by atoms with Gasteiger partial charge in [0.25, 0.3) is 0 Å². The van der Waals surface area contributed by atoms with Crippen LogP contribution in [0.5, 0.6) is 5.75 Å². The summed E-state index contributed by atoms with van der Waals surface area (Å²) in [5.41, 5.74) is 1.95. The second kappa shape index (κ2) is 6.51. The molecule has 0 saturated heterocycles. The van der Waals surface area contributed by atoms with Crippen LogP contribution in [-0.2, 0) is 16.4 Å². The van der Waals surface area contributed by atoms with Gasteiger partial charge >= 0.3 is 0 Å². The lowest BCUT2D eigenvalue weighted by atomic mass is 10.2. The van der Waals surface area contributed by atoms with Gasteiger partial charge in [-0.3, -0.25) is 0 Å². The number of aromatic nitrogens is 4. The van der Waals surface area contributed by atoms with Gasteiger partial charge in [0.2, 0.25) is 26.7 Å². The number of ether oxygens (including phenoxy) is 1. The second-order valence-corrected chi connectivity index (χ2v) is 7.86. The van der Waals surface area contributed by atoms with E-state index in [-0.39, 0.29) is 17.6 Å². The minimum Gasteiger partial charge on any atom is -0.496 e. The topological polar surface area (TPSA) is 100 Å².